The second-order valence-corrected chi connectivity index (χ2v) is 5.82. The van der Waals surface area contributed by atoms with Crippen molar-refractivity contribution in [3.05, 3.63) is 52.0 Å². The number of aliphatic imine (C=N–C) groups is 1. The van der Waals surface area contributed by atoms with E-state index in [0.717, 1.165) is 12.0 Å². The van der Waals surface area contributed by atoms with Crippen molar-refractivity contribution in [3.63, 3.8) is 0 Å². The van der Waals surface area contributed by atoms with Crippen LogP contribution >= 0.6 is 11.3 Å². The number of halogens is 1. The number of fused-ring (bicyclic) bond motifs is 1. The van der Waals surface area contributed by atoms with Crippen LogP contribution in [0.15, 0.2) is 40.7 Å². The van der Waals surface area contributed by atoms with Crippen LogP contribution in [0.5, 0.6) is 5.75 Å². The Balaban J connectivity index is 1.58. The summed E-state index contributed by atoms with van der Waals surface area (Å²) in [4.78, 5) is 5.58. The number of hydrogen-bond donors (Lipinski definition) is 2. The minimum absolute atomic E-state index is 0.152. The number of nitrogens with two attached hydrogens (primary N) is 1. The minimum atomic E-state index is -0.278. The number of rotatable bonds is 4. The first-order valence-electron chi connectivity index (χ1n) is 6.73. The Morgan fingerprint density at radius 3 is 3.19 bits per heavy atom. The number of nitrogens with zero attached hydrogens (tertiary/aromatic N) is 1. The van der Waals surface area contributed by atoms with Crippen LogP contribution in [0, 0.1) is 5.82 Å². The number of nitrogens with one attached hydrogen (secondary N) is 1. The third kappa shape index (κ3) is 3.33. The predicted molar refractivity (Wildman–Crippen MR) is 82.3 cm³/mol. The molecule has 1 unspecified atom stereocenters. The third-order valence-electron chi connectivity index (χ3n) is 3.30. The van der Waals surface area contributed by atoms with E-state index in [1.165, 1.54) is 17.0 Å². The Hall–Kier alpha value is -2.08. The number of guanidine groups is 1. The van der Waals surface area contributed by atoms with Crippen LogP contribution in [-0.4, -0.2) is 19.1 Å². The van der Waals surface area contributed by atoms with Crippen LogP contribution in [0.1, 0.15) is 16.5 Å². The van der Waals surface area contributed by atoms with Gasteiger partial charge >= 0.3 is 0 Å². The van der Waals surface area contributed by atoms with Crippen LogP contribution in [0.25, 0.3) is 0 Å². The molecule has 3 N–H and O–H groups in total. The topological polar surface area (TPSA) is 59.6 Å². The summed E-state index contributed by atoms with van der Waals surface area (Å²) < 4.78 is 18.8. The molecule has 0 saturated carbocycles. The van der Waals surface area contributed by atoms with Gasteiger partial charge in [-0.1, -0.05) is 6.07 Å². The van der Waals surface area contributed by atoms with Crippen molar-refractivity contribution in [2.45, 2.75) is 12.5 Å². The van der Waals surface area contributed by atoms with Gasteiger partial charge in [-0.3, -0.25) is 4.99 Å². The van der Waals surface area contributed by atoms with Crippen LogP contribution in [0.2, 0.25) is 0 Å². The molecule has 6 heteroatoms. The van der Waals surface area contributed by atoms with Gasteiger partial charge in [0.15, 0.2) is 5.96 Å². The summed E-state index contributed by atoms with van der Waals surface area (Å²) in [5, 5.41) is 5.13. The van der Waals surface area contributed by atoms with E-state index in [-0.39, 0.29) is 11.9 Å². The lowest BCUT2D eigenvalue weighted by Gasteiger charge is -2.12. The normalized spacial score (nSPS) is 17.4. The molecule has 3 rings (SSSR count). The molecule has 1 aliphatic heterocycles. The average molecular weight is 305 g/mol. The minimum Gasteiger partial charge on any atom is -0.491 e. The van der Waals surface area contributed by atoms with Crippen molar-refractivity contribution < 1.29 is 9.13 Å². The molecule has 1 aliphatic rings. The number of thiophene rings is 1. The van der Waals surface area contributed by atoms with Gasteiger partial charge in [-0.25, -0.2) is 4.39 Å². The highest BCUT2D eigenvalue weighted by molar-refractivity contribution is 7.09. The summed E-state index contributed by atoms with van der Waals surface area (Å²) in [6, 6.07) is 8.44. The fraction of sp³-hybridized carbons (Fsp3) is 0.267. The maximum absolute atomic E-state index is 13.3. The van der Waals surface area contributed by atoms with E-state index in [9.17, 15) is 4.39 Å². The van der Waals surface area contributed by atoms with Crippen molar-refractivity contribution in [3.8, 4) is 5.75 Å². The number of ether oxygens (including phenoxy) is 1. The van der Waals surface area contributed by atoms with Gasteiger partial charge < -0.3 is 15.8 Å². The van der Waals surface area contributed by atoms with Crippen molar-refractivity contribution in [2.75, 3.05) is 13.2 Å². The van der Waals surface area contributed by atoms with E-state index in [1.54, 1.807) is 17.4 Å². The zero-order valence-corrected chi connectivity index (χ0v) is 12.2. The molecule has 0 bridgehead atoms. The number of benzene rings is 1. The molecule has 1 atom stereocenters. The second kappa shape index (κ2) is 6.13. The van der Waals surface area contributed by atoms with Gasteiger partial charge in [0.05, 0.1) is 6.04 Å². The Morgan fingerprint density at radius 2 is 2.38 bits per heavy atom. The second-order valence-electron chi connectivity index (χ2n) is 4.79. The van der Waals surface area contributed by atoms with Crippen LogP contribution in [-0.2, 0) is 6.42 Å². The maximum Gasteiger partial charge on any atom is 0.189 e. The summed E-state index contributed by atoms with van der Waals surface area (Å²) in [7, 11) is 0. The zero-order chi connectivity index (χ0) is 14.7. The molecular formula is C15H16FN3OS. The monoisotopic (exact) mass is 305 g/mol. The van der Waals surface area contributed by atoms with Crippen LogP contribution < -0.4 is 15.8 Å². The lowest BCUT2D eigenvalue weighted by molar-refractivity contribution is 0.324. The smallest absolute Gasteiger partial charge is 0.189 e. The third-order valence-corrected chi connectivity index (χ3v) is 4.23. The summed E-state index contributed by atoms with van der Waals surface area (Å²) in [6.45, 7) is 1.06. The molecule has 1 aromatic carbocycles. The molecule has 0 fully saturated rings. The predicted octanol–water partition coefficient (Wildman–Crippen LogP) is 2.47. The average Bonchev–Trinajstić information content (AvgIpc) is 3.09. The van der Waals surface area contributed by atoms with Gasteiger partial charge in [-0.05, 0) is 29.6 Å². The molecule has 0 saturated heterocycles. The lowest BCUT2D eigenvalue weighted by Crippen LogP contribution is -2.36. The van der Waals surface area contributed by atoms with Gasteiger partial charge in [0.2, 0.25) is 0 Å². The van der Waals surface area contributed by atoms with E-state index in [2.05, 4.69) is 16.4 Å². The van der Waals surface area contributed by atoms with Gasteiger partial charge in [0.25, 0.3) is 0 Å². The molecule has 4 nitrogen and oxygen atoms in total. The Morgan fingerprint density at radius 1 is 1.48 bits per heavy atom. The van der Waals surface area contributed by atoms with Gasteiger partial charge in [0, 0.05) is 23.4 Å². The quantitative estimate of drug-likeness (QED) is 0.674. The number of hydrogen-bond acceptors (Lipinski definition) is 3. The highest BCUT2D eigenvalue weighted by Crippen LogP contribution is 2.32. The highest BCUT2D eigenvalue weighted by Gasteiger charge is 2.24. The first kappa shape index (κ1) is 13.9. The molecule has 0 amide bonds. The molecule has 2 aromatic rings. The molecule has 21 heavy (non-hydrogen) atoms. The fourth-order valence-electron chi connectivity index (χ4n) is 2.27. The summed E-state index contributed by atoms with van der Waals surface area (Å²) in [6.07, 6.45) is 0.867. The van der Waals surface area contributed by atoms with Crippen LogP contribution in [0.3, 0.4) is 0 Å². The van der Waals surface area contributed by atoms with Gasteiger partial charge in [-0.2, -0.15) is 0 Å². The lowest BCUT2D eigenvalue weighted by atomic mass is 10.1. The Labute approximate surface area is 126 Å². The van der Waals surface area contributed by atoms with E-state index >= 15 is 0 Å². The summed E-state index contributed by atoms with van der Waals surface area (Å²) >= 11 is 1.71. The summed E-state index contributed by atoms with van der Waals surface area (Å²) in [5.74, 6) is 0.775. The molecule has 0 spiro atoms. The largest absolute Gasteiger partial charge is 0.491 e. The molecule has 0 aliphatic carbocycles. The van der Waals surface area contributed by atoms with E-state index < -0.39 is 0 Å². The summed E-state index contributed by atoms with van der Waals surface area (Å²) in [5.41, 5.74) is 6.66. The van der Waals surface area contributed by atoms with Gasteiger partial charge in [0.1, 0.15) is 18.2 Å². The van der Waals surface area contributed by atoms with Crippen molar-refractivity contribution in [1.82, 2.24) is 5.32 Å². The zero-order valence-electron chi connectivity index (χ0n) is 11.4. The first-order chi connectivity index (χ1) is 10.2. The molecule has 1 aromatic heterocycles. The van der Waals surface area contributed by atoms with Gasteiger partial charge in [-0.15, -0.1) is 11.3 Å². The van der Waals surface area contributed by atoms with E-state index in [0.29, 0.717) is 24.9 Å². The molecule has 0 radical (unpaired) electrons. The SMILES string of the molecule is NC(=NCCc1cccs1)NC1COc2ccc(F)cc21. The Bertz CT molecular complexity index is 642. The van der Waals surface area contributed by atoms with Crippen LogP contribution in [0.4, 0.5) is 4.39 Å². The highest BCUT2D eigenvalue weighted by atomic mass is 32.1. The Kier molecular flexibility index (Phi) is 4.06. The van der Waals surface area contributed by atoms with E-state index in [1.807, 2.05) is 11.4 Å². The molecule has 2 heterocycles. The van der Waals surface area contributed by atoms with Crippen molar-refractivity contribution >= 4 is 17.3 Å². The fourth-order valence-corrected chi connectivity index (χ4v) is 2.97. The first-order valence-corrected chi connectivity index (χ1v) is 7.61. The van der Waals surface area contributed by atoms with Crippen molar-refractivity contribution in [2.24, 2.45) is 10.7 Å². The maximum atomic E-state index is 13.3. The van der Waals surface area contributed by atoms with Crippen molar-refractivity contribution in [1.29, 1.82) is 0 Å². The molecule has 110 valence electrons. The molecular weight excluding hydrogens is 289 g/mol. The van der Waals surface area contributed by atoms with E-state index in [4.69, 9.17) is 10.5 Å². The standard InChI is InChI=1S/C15H16FN3OS/c16-10-3-4-14-12(8-10)13(9-20-14)19-15(17)18-6-5-11-2-1-7-21-11/h1-4,7-8,13H,5-6,9H2,(H3,17,18,19).